The predicted molar refractivity (Wildman–Crippen MR) is 115 cm³/mol. The standard InChI is InChI=1S/C20H12F3N5O6/c21-20(22,23)13-9-17(27(31)32)19(18(10-13)28(33)34)25-16-4-2-1-3-15(16)24-11-12-5-7-14(8-6-12)26(29)30/h1-11,25H. The van der Waals surface area contributed by atoms with Crippen LogP contribution in [-0.4, -0.2) is 21.0 Å². The Morgan fingerprint density at radius 3 is 1.88 bits per heavy atom. The molecule has 174 valence electrons. The van der Waals surface area contributed by atoms with Crippen molar-refractivity contribution in [1.82, 2.24) is 0 Å². The molecule has 0 heterocycles. The molecule has 0 bridgehead atoms. The molecule has 3 rings (SSSR count). The highest BCUT2D eigenvalue weighted by Gasteiger charge is 2.37. The Balaban J connectivity index is 2.04. The molecule has 0 aliphatic carbocycles. The maximum atomic E-state index is 13.1. The topological polar surface area (TPSA) is 154 Å². The van der Waals surface area contributed by atoms with Crippen molar-refractivity contribution in [1.29, 1.82) is 0 Å². The number of para-hydroxylation sites is 2. The number of aliphatic imine (C=N–C) groups is 1. The molecular weight excluding hydrogens is 463 g/mol. The lowest BCUT2D eigenvalue weighted by atomic mass is 10.1. The number of nitrogens with zero attached hydrogens (tertiary/aromatic N) is 4. The first-order valence-corrected chi connectivity index (χ1v) is 9.16. The van der Waals surface area contributed by atoms with Gasteiger partial charge in [-0.2, -0.15) is 13.2 Å². The largest absolute Gasteiger partial charge is 0.416 e. The SMILES string of the molecule is O=[N+]([O-])c1ccc(C=Nc2ccccc2Nc2c([N+](=O)[O-])cc(C(F)(F)F)cc2[N+](=O)[O-])cc1. The van der Waals surface area contributed by atoms with Gasteiger partial charge in [0.2, 0.25) is 0 Å². The summed E-state index contributed by atoms with van der Waals surface area (Å²) in [6.07, 6.45) is -3.72. The van der Waals surface area contributed by atoms with Gasteiger partial charge in [0.05, 0.1) is 31.7 Å². The normalized spacial score (nSPS) is 11.4. The number of benzene rings is 3. The Bertz CT molecular complexity index is 1270. The number of nitro groups is 3. The van der Waals surface area contributed by atoms with Crippen molar-refractivity contribution in [3.8, 4) is 0 Å². The highest BCUT2D eigenvalue weighted by Crippen LogP contribution is 2.43. The zero-order valence-corrected chi connectivity index (χ0v) is 16.7. The van der Waals surface area contributed by atoms with Crippen molar-refractivity contribution in [3.63, 3.8) is 0 Å². The van der Waals surface area contributed by atoms with E-state index in [1.807, 2.05) is 0 Å². The molecule has 3 aromatic rings. The second-order valence-corrected chi connectivity index (χ2v) is 6.65. The average Bonchev–Trinajstić information content (AvgIpc) is 2.77. The molecule has 0 spiro atoms. The van der Waals surface area contributed by atoms with Gasteiger partial charge >= 0.3 is 6.18 Å². The summed E-state index contributed by atoms with van der Waals surface area (Å²) in [4.78, 5) is 34.9. The third kappa shape index (κ3) is 5.29. The van der Waals surface area contributed by atoms with Crippen molar-refractivity contribution in [3.05, 3.63) is 102 Å². The molecule has 3 aromatic carbocycles. The third-order valence-electron chi connectivity index (χ3n) is 4.44. The lowest BCUT2D eigenvalue weighted by Crippen LogP contribution is -2.09. The Kier molecular flexibility index (Phi) is 6.51. The summed E-state index contributed by atoms with van der Waals surface area (Å²) >= 11 is 0. The molecule has 0 radical (unpaired) electrons. The zero-order chi connectivity index (χ0) is 25.0. The van der Waals surface area contributed by atoms with Crippen LogP contribution in [0.4, 0.5) is 47.3 Å². The van der Waals surface area contributed by atoms with E-state index < -0.39 is 43.6 Å². The van der Waals surface area contributed by atoms with E-state index in [-0.39, 0.29) is 29.2 Å². The summed E-state index contributed by atoms with van der Waals surface area (Å²) in [6, 6.07) is 11.6. The van der Waals surface area contributed by atoms with E-state index >= 15 is 0 Å². The van der Waals surface area contributed by atoms with Gasteiger partial charge in [-0.15, -0.1) is 0 Å². The van der Waals surface area contributed by atoms with Crippen molar-refractivity contribution >= 4 is 40.3 Å². The highest BCUT2D eigenvalue weighted by molar-refractivity contribution is 5.87. The molecule has 0 saturated carbocycles. The minimum absolute atomic E-state index is 0.0339. The lowest BCUT2D eigenvalue weighted by Gasteiger charge is -2.12. The van der Waals surface area contributed by atoms with Gasteiger partial charge in [-0.25, -0.2) is 0 Å². The number of halogens is 3. The van der Waals surface area contributed by atoms with Crippen LogP contribution in [0.5, 0.6) is 0 Å². The molecule has 0 aliphatic rings. The number of nitro benzene ring substituents is 3. The molecule has 0 aromatic heterocycles. The van der Waals surface area contributed by atoms with Crippen LogP contribution in [0.25, 0.3) is 0 Å². The quantitative estimate of drug-likeness (QED) is 0.252. The van der Waals surface area contributed by atoms with Gasteiger partial charge in [-0.3, -0.25) is 35.3 Å². The molecule has 0 amide bonds. The van der Waals surface area contributed by atoms with Crippen LogP contribution >= 0.6 is 0 Å². The lowest BCUT2D eigenvalue weighted by molar-refractivity contribution is -0.392. The van der Waals surface area contributed by atoms with Gasteiger partial charge in [0, 0.05) is 30.5 Å². The van der Waals surface area contributed by atoms with E-state index in [1.54, 1.807) is 6.07 Å². The van der Waals surface area contributed by atoms with Crippen LogP contribution in [-0.2, 0) is 6.18 Å². The monoisotopic (exact) mass is 475 g/mol. The predicted octanol–water partition coefficient (Wildman–Crippen LogP) is 5.92. The number of alkyl halides is 3. The van der Waals surface area contributed by atoms with Crippen LogP contribution in [0.1, 0.15) is 11.1 Å². The van der Waals surface area contributed by atoms with Crippen molar-refractivity contribution in [2.45, 2.75) is 6.18 Å². The van der Waals surface area contributed by atoms with Crippen LogP contribution in [0.3, 0.4) is 0 Å². The van der Waals surface area contributed by atoms with Gasteiger partial charge < -0.3 is 5.32 Å². The summed E-state index contributed by atoms with van der Waals surface area (Å²) < 4.78 is 39.3. The number of hydrogen-bond donors (Lipinski definition) is 1. The van der Waals surface area contributed by atoms with E-state index in [0.717, 1.165) is 0 Å². The van der Waals surface area contributed by atoms with E-state index in [0.29, 0.717) is 5.56 Å². The summed E-state index contributed by atoms with van der Waals surface area (Å²) in [5.74, 6) is 0. The third-order valence-corrected chi connectivity index (χ3v) is 4.44. The number of non-ortho nitro benzene ring substituents is 1. The van der Waals surface area contributed by atoms with Gasteiger partial charge in [0.25, 0.3) is 17.1 Å². The summed E-state index contributed by atoms with van der Waals surface area (Å²) in [5.41, 5.74) is -4.07. The van der Waals surface area contributed by atoms with E-state index in [9.17, 15) is 43.5 Å². The second-order valence-electron chi connectivity index (χ2n) is 6.65. The fourth-order valence-electron chi connectivity index (χ4n) is 2.84. The zero-order valence-electron chi connectivity index (χ0n) is 16.7. The van der Waals surface area contributed by atoms with Crippen molar-refractivity contribution in [2.24, 2.45) is 4.99 Å². The minimum Gasteiger partial charge on any atom is -0.342 e. The summed E-state index contributed by atoms with van der Waals surface area (Å²) in [7, 11) is 0. The number of nitrogens with one attached hydrogen (secondary N) is 1. The molecule has 0 aliphatic heterocycles. The summed E-state index contributed by atoms with van der Waals surface area (Å²) in [5, 5.41) is 36.1. The highest BCUT2D eigenvalue weighted by atomic mass is 19.4. The van der Waals surface area contributed by atoms with E-state index in [2.05, 4.69) is 10.3 Å². The van der Waals surface area contributed by atoms with Crippen molar-refractivity contribution < 1.29 is 27.9 Å². The average molecular weight is 475 g/mol. The number of hydrogen-bond acceptors (Lipinski definition) is 8. The Hall–Kier alpha value is -4.88. The molecule has 11 nitrogen and oxygen atoms in total. The molecule has 14 heteroatoms. The molecule has 34 heavy (non-hydrogen) atoms. The first kappa shape index (κ1) is 23.8. The maximum Gasteiger partial charge on any atom is 0.416 e. The maximum absolute atomic E-state index is 13.1. The first-order chi connectivity index (χ1) is 16.0. The fourth-order valence-corrected chi connectivity index (χ4v) is 2.84. The Morgan fingerprint density at radius 1 is 0.824 bits per heavy atom. The number of rotatable bonds is 7. The fraction of sp³-hybridized carbons (Fsp3) is 0.0500. The molecule has 0 atom stereocenters. The summed E-state index contributed by atoms with van der Waals surface area (Å²) in [6.45, 7) is 0. The Morgan fingerprint density at radius 2 is 1.38 bits per heavy atom. The second kappa shape index (κ2) is 9.32. The van der Waals surface area contributed by atoms with E-state index in [1.165, 1.54) is 48.7 Å². The molecule has 0 unspecified atom stereocenters. The molecule has 1 N–H and O–H groups in total. The van der Waals surface area contributed by atoms with Crippen LogP contribution in [0.15, 0.2) is 65.7 Å². The van der Waals surface area contributed by atoms with Crippen LogP contribution in [0, 0.1) is 30.3 Å². The number of anilines is 2. The molecule has 0 fully saturated rings. The van der Waals surface area contributed by atoms with Gasteiger partial charge in [0.15, 0.2) is 5.69 Å². The van der Waals surface area contributed by atoms with Crippen molar-refractivity contribution in [2.75, 3.05) is 5.32 Å². The smallest absolute Gasteiger partial charge is 0.342 e. The minimum atomic E-state index is -5.04. The molecular formula is C20H12F3N5O6. The van der Waals surface area contributed by atoms with Gasteiger partial charge in [-0.1, -0.05) is 12.1 Å². The van der Waals surface area contributed by atoms with Gasteiger partial charge in [-0.05, 0) is 29.8 Å². The van der Waals surface area contributed by atoms with Crippen LogP contribution in [0.2, 0.25) is 0 Å². The molecule has 0 saturated heterocycles. The van der Waals surface area contributed by atoms with Gasteiger partial charge in [0.1, 0.15) is 0 Å². The first-order valence-electron chi connectivity index (χ1n) is 9.16. The van der Waals surface area contributed by atoms with Crippen LogP contribution < -0.4 is 5.32 Å². The van der Waals surface area contributed by atoms with E-state index in [4.69, 9.17) is 0 Å². The Labute approximate surface area is 187 Å².